The summed E-state index contributed by atoms with van der Waals surface area (Å²) in [6.07, 6.45) is 8.19. The third-order valence-electron chi connectivity index (χ3n) is 4.86. The number of aromatic nitrogens is 3. The van der Waals surface area contributed by atoms with Gasteiger partial charge < -0.3 is 5.11 Å². The molecule has 1 N–H and O–H groups in total. The van der Waals surface area contributed by atoms with E-state index in [1.54, 1.807) is 10.9 Å². The minimum Gasteiger partial charge on any atom is -0.476 e. The van der Waals surface area contributed by atoms with E-state index in [1.807, 2.05) is 0 Å². The van der Waals surface area contributed by atoms with Gasteiger partial charge in [0.15, 0.2) is 5.69 Å². The highest BCUT2D eigenvalue weighted by Crippen LogP contribution is 2.35. The number of rotatable bonds is 4. The Kier molecular flexibility index (Phi) is 3.74. The molecule has 110 valence electrons. The molecule has 0 bridgehead atoms. The minimum absolute atomic E-state index is 0.0348. The van der Waals surface area contributed by atoms with Crippen LogP contribution in [0.2, 0.25) is 0 Å². The largest absolute Gasteiger partial charge is 0.476 e. The van der Waals surface area contributed by atoms with Gasteiger partial charge in [-0.2, -0.15) is 0 Å². The second-order valence-corrected chi connectivity index (χ2v) is 6.02. The molecule has 1 aromatic heterocycles. The third-order valence-corrected chi connectivity index (χ3v) is 4.86. The number of carbonyl (C=O) groups is 1. The zero-order chi connectivity index (χ0) is 14.1. The monoisotopic (exact) mass is 278 g/mol. The smallest absolute Gasteiger partial charge is 0.358 e. The van der Waals surface area contributed by atoms with Crippen LogP contribution in [0, 0.1) is 5.92 Å². The fourth-order valence-electron chi connectivity index (χ4n) is 3.62. The molecule has 0 amide bonds. The van der Waals surface area contributed by atoms with E-state index in [1.165, 1.54) is 32.1 Å². The quantitative estimate of drug-likeness (QED) is 0.909. The van der Waals surface area contributed by atoms with Crippen LogP contribution in [-0.2, 0) is 0 Å². The molecule has 1 aliphatic carbocycles. The van der Waals surface area contributed by atoms with Crippen LogP contribution in [0.3, 0.4) is 0 Å². The van der Waals surface area contributed by atoms with Crippen LogP contribution in [0.25, 0.3) is 0 Å². The van der Waals surface area contributed by atoms with Crippen LogP contribution >= 0.6 is 0 Å². The first kappa shape index (κ1) is 13.5. The summed E-state index contributed by atoms with van der Waals surface area (Å²) in [5.74, 6) is -0.180. The number of hydrogen-bond acceptors (Lipinski definition) is 4. The van der Waals surface area contributed by atoms with E-state index < -0.39 is 5.97 Å². The Balaban J connectivity index is 1.58. The van der Waals surface area contributed by atoms with Crippen molar-refractivity contribution in [3.63, 3.8) is 0 Å². The number of carboxylic acid groups (broad SMARTS) is 1. The Bertz CT molecular complexity index is 481. The van der Waals surface area contributed by atoms with Crippen molar-refractivity contribution in [1.82, 2.24) is 19.9 Å². The molecule has 0 aromatic carbocycles. The number of likely N-dealkylation sites (tertiary alicyclic amines) is 1. The molecule has 20 heavy (non-hydrogen) atoms. The second-order valence-electron chi connectivity index (χ2n) is 6.02. The van der Waals surface area contributed by atoms with E-state index in [2.05, 4.69) is 22.1 Å². The van der Waals surface area contributed by atoms with Crippen LogP contribution in [0.1, 0.15) is 55.6 Å². The van der Waals surface area contributed by atoms with Crippen LogP contribution < -0.4 is 0 Å². The van der Waals surface area contributed by atoms with E-state index in [-0.39, 0.29) is 11.7 Å². The Labute approximate surface area is 118 Å². The Hall–Kier alpha value is -1.43. The van der Waals surface area contributed by atoms with Gasteiger partial charge in [-0.25, -0.2) is 9.48 Å². The molecule has 2 unspecified atom stereocenters. The lowest BCUT2D eigenvalue weighted by Crippen LogP contribution is -2.55. The maximum absolute atomic E-state index is 10.8. The normalized spacial score (nSPS) is 28.2. The fraction of sp³-hybridized carbons (Fsp3) is 0.786. The van der Waals surface area contributed by atoms with Gasteiger partial charge in [0, 0.05) is 19.1 Å². The molecular weight excluding hydrogens is 256 g/mol. The predicted molar refractivity (Wildman–Crippen MR) is 73.6 cm³/mol. The molecule has 6 heteroatoms. The lowest BCUT2D eigenvalue weighted by molar-refractivity contribution is 0.00632. The van der Waals surface area contributed by atoms with Gasteiger partial charge in [0.1, 0.15) is 0 Å². The maximum atomic E-state index is 10.8. The Morgan fingerprint density at radius 2 is 2.15 bits per heavy atom. The number of nitrogens with zero attached hydrogens (tertiary/aromatic N) is 4. The standard InChI is InChI=1S/C14H22N4O2/c1-2-10-5-3-4-6-13(10)17-7-11(8-17)18-9-12(14(19)20)15-16-18/h9-11,13H,2-8H2,1H3,(H,19,20). The Morgan fingerprint density at radius 1 is 1.40 bits per heavy atom. The van der Waals surface area contributed by atoms with Gasteiger partial charge in [0.2, 0.25) is 0 Å². The van der Waals surface area contributed by atoms with Gasteiger partial charge in [0.05, 0.1) is 12.2 Å². The summed E-state index contributed by atoms with van der Waals surface area (Å²) < 4.78 is 1.71. The molecule has 1 aromatic rings. The van der Waals surface area contributed by atoms with E-state index in [9.17, 15) is 4.79 Å². The fourth-order valence-corrected chi connectivity index (χ4v) is 3.62. The highest BCUT2D eigenvalue weighted by atomic mass is 16.4. The Morgan fingerprint density at radius 3 is 2.80 bits per heavy atom. The molecule has 1 saturated heterocycles. The molecule has 3 rings (SSSR count). The van der Waals surface area contributed by atoms with E-state index >= 15 is 0 Å². The summed E-state index contributed by atoms with van der Waals surface area (Å²) in [5.41, 5.74) is 0.0348. The molecule has 2 fully saturated rings. The van der Waals surface area contributed by atoms with Crippen molar-refractivity contribution in [3.8, 4) is 0 Å². The molecule has 1 saturated carbocycles. The van der Waals surface area contributed by atoms with E-state index in [0.717, 1.165) is 19.0 Å². The highest BCUT2D eigenvalue weighted by Gasteiger charge is 2.38. The van der Waals surface area contributed by atoms with Gasteiger partial charge in [-0.05, 0) is 18.8 Å². The van der Waals surface area contributed by atoms with Crippen LogP contribution in [-0.4, -0.2) is 50.1 Å². The van der Waals surface area contributed by atoms with Gasteiger partial charge in [-0.3, -0.25) is 4.90 Å². The van der Waals surface area contributed by atoms with E-state index in [4.69, 9.17) is 5.11 Å². The molecule has 0 spiro atoms. The van der Waals surface area contributed by atoms with Crippen molar-refractivity contribution < 1.29 is 9.90 Å². The first-order chi connectivity index (χ1) is 9.69. The summed E-state index contributed by atoms with van der Waals surface area (Å²) in [4.78, 5) is 13.4. The summed E-state index contributed by atoms with van der Waals surface area (Å²) >= 11 is 0. The lowest BCUT2D eigenvalue weighted by Gasteiger charge is -2.48. The van der Waals surface area contributed by atoms with Gasteiger partial charge in [-0.1, -0.05) is 31.4 Å². The molecule has 1 aliphatic heterocycles. The average Bonchev–Trinajstić information content (AvgIpc) is 2.87. The van der Waals surface area contributed by atoms with Crippen LogP contribution in [0.4, 0.5) is 0 Å². The van der Waals surface area contributed by atoms with Gasteiger partial charge in [-0.15, -0.1) is 5.10 Å². The molecule has 2 heterocycles. The first-order valence-corrected chi connectivity index (χ1v) is 7.58. The molecule has 2 atom stereocenters. The van der Waals surface area contributed by atoms with Crippen molar-refractivity contribution in [1.29, 1.82) is 0 Å². The minimum atomic E-state index is -1.01. The van der Waals surface area contributed by atoms with Crippen molar-refractivity contribution in [3.05, 3.63) is 11.9 Å². The van der Waals surface area contributed by atoms with Crippen LogP contribution in [0.15, 0.2) is 6.20 Å². The second kappa shape index (κ2) is 5.52. The molecular formula is C14H22N4O2. The molecule has 2 aliphatic rings. The summed E-state index contributed by atoms with van der Waals surface area (Å²) in [6.45, 7) is 4.24. The first-order valence-electron chi connectivity index (χ1n) is 7.58. The summed E-state index contributed by atoms with van der Waals surface area (Å²) in [5, 5.41) is 16.5. The maximum Gasteiger partial charge on any atom is 0.358 e. The van der Waals surface area contributed by atoms with Crippen molar-refractivity contribution in [2.45, 2.75) is 51.1 Å². The summed E-state index contributed by atoms with van der Waals surface area (Å²) in [7, 11) is 0. The lowest BCUT2D eigenvalue weighted by atomic mass is 9.80. The van der Waals surface area contributed by atoms with Gasteiger partial charge in [0.25, 0.3) is 0 Å². The van der Waals surface area contributed by atoms with Crippen molar-refractivity contribution >= 4 is 5.97 Å². The van der Waals surface area contributed by atoms with Crippen molar-refractivity contribution in [2.75, 3.05) is 13.1 Å². The van der Waals surface area contributed by atoms with Gasteiger partial charge >= 0.3 is 5.97 Å². The number of carboxylic acids is 1. The van der Waals surface area contributed by atoms with Crippen molar-refractivity contribution in [2.24, 2.45) is 5.92 Å². The predicted octanol–water partition coefficient (Wildman–Crippen LogP) is 1.80. The highest BCUT2D eigenvalue weighted by molar-refractivity contribution is 5.84. The average molecular weight is 278 g/mol. The molecule has 0 radical (unpaired) electrons. The summed E-state index contributed by atoms with van der Waals surface area (Å²) in [6, 6.07) is 1.00. The zero-order valence-corrected chi connectivity index (χ0v) is 11.9. The zero-order valence-electron chi connectivity index (χ0n) is 11.9. The third kappa shape index (κ3) is 2.44. The number of hydrogen-bond donors (Lipinski definition) is 1. The SMILES string of the molecule is CCC1CCCCC1N1CC(n2cc(C(=O)O)nn2)C1. The topological polar surface area (TPSA) is 71.2 Å². The van der Waals surface area contributed by atoms with E-state index in [0.29, 0.717) is 6.04 Å². The molecule has 6 nitrogen and oxygen atoms in total. The number of aromatic carboxylic acids is 1. The van der Waals surface area contributed by atoms with Crippen LogP contribution in [0.5, 0.6) is 0 Å².